The van der Waals surface area contributed by atoms with E-state index in [9.17, 15) is 22.6 Å². The van der Waals surface area contributed by atoms with E-state index in [1.807, 2.05) is 0 Å². The lowest BCUT2D eigenvalue weighted by Gasteiger charge is -2.20. The molecule has 0 saturated carbocycles. The van der Waals surface area contributed by atoms with E-state index in [0.717, 1.165) is 6.07 Å². The van der Waals surface area contributed by atoms with Crippen molar-refractivity contribution < 1.29 is 32.0 Å². The Hall–Kier alpha value is -1.97. The topological polar surface area (TPSA) is 119 Å². The van der Waals surface area contributed by atoms with Crippen LogP contribution in [0.1, 0.15) is 13.8 Å². The van der Waals surface area contributed by atoms with Crippen LogP contribution in [0.3, 0.4) is 0 Å². The first-order valence-corrected chi connectivity index (χ1v) is 8.05. The molecule has 23 heavy (non-hydrogen) atoms. The number of hydrogen-bond acceptors (Lipinski definition) is 6. The Bertz CT molecular complexity index is 699. The summed E-state index contributed by atoms with van der Waals surface area (Å²) in [7, 11) is -1.92. The Kier molecular flexibility index (Phi) is 6.25. The highest BCUT2D eigenvalue weighted by molar-refractivity contribution is 7.86. The average Bonchev–Trinajstić information content (AvgIpc) is 2.45. The molecule has 0 fully saturated rings. The molecule has 0 radical (unpaired) electrons. The summed E-state index contributed by atoms with van der Waals surface area (Å²) in [5.74, 6) is -2.10. The molecule has 0 aliphatic rings. The first kappa shape index (κ1) is 19.1. The van der Waals surface area contributed by atoms with Crippen LogP contribution in [0.5, 0.6) is 5.75 Å². The van der Waals surface area contributed by atoms with Gasteiger partial charge in [0.2, 0.25) is 5.91 Å². The highest BCUT2D eigenvalue weighted by Gasteiger charge is 2.31. The molecule has 128 valence electrons. The van der Waals surface area contributed by atoms with Gasteiger partial charge in [0.05, 0.1) is 18.9 Å². The molecule has 1 aromatic carbocycles. The lowest BCUT2D eigenvalue weighted by atomic mass is 9.98. The molecule has 0 aromatic heterocycles. The summed E-state index contributed by atoms with van der Waals surface area (Å²) in [6, 6.07) is 3.73. The maximum absolute atomic E-state index is 12.3. The van der Waals surface area contributed by atoms with Gasteiger partial charge in [0.15, 0.2) is 0 Å². The fourth-order valence-electron chi connectivity index (χ4n) is 2.02. The van der Waals surface area contributed by atoms with Crippen molar-refractivity contribution in [2.45, 2.75) is 24.8 Å². The number of nitrogens with one attached hydrogen (secondary N) is 1. The maximum Gasteiger partial charge on any atom is 0.296 e. The van der Waals surface area contributed by atoms with Crippen LogP contribution < -0.4 is 10.1 Å². The molecule has 0 aliphatic carbocycles. The van der Waals surface area contributed by atoms with Crippen LogP contribution in [0.4, 0.5) is 5.69 Å². The molecule has 0 aliphatic heterocycles. The summed E-state index contributed by atoms with van der Waals surface area (Å²) in [5.41, 5.74) is -0.159. The molecular formula is C14H19NO7S. The van der Waals surface area contributed by atoms with Crippen LogP contribution in [0.15, 0.2) is 23.1 Å². The third-order valence-corrected chi connectivity index (χ3v) is 4.18. The first-order chi connectivity index (χ1) is 10.6. The third kappa shape index (κ3) is 4.75. The summed E-state index contributed by atoms with van der Waals surface area (Å²) in [4.78, 5) is 23.4. The van der Waals surface area contributed by atoms with Gasteiger partial charge in [-0.05, 0) is 26.0 Å². The number of carbonyl (C=O) groups excluding carboxylic acids is 2. The van der Waals surface area contributed by atoms with Crippen LogP contribution in [-0.2, 0) is 24.4 Å². The van der Waals surface area contributed by atoms with Crippen molar-refractivity contribution in [3.63, 3.8) is 0 Å². The Morgan fingerprint density at radius 3 is 2.30 bits per heavy atom. The number of hydrogen-bond donors (Lipinski definition) is 2. The number of carbonyl (C=O) groups is 2. The second-order valence-electron chi connectivity index (χ2n) is 4.86. The van der Waals surface area contributed by atoms with E-state index in [1.165, 1.54) is 33.3 Å². The summed E-state index contributed by atoms with van der Waals surface area (Å²) in [6.07, 6.45) is -0.695. The molecule has 2 unspecified atom stereocenters. The smallest absolute Gasteiger partial charge is 0.296 e. The molecule has 2 N–H and O–H groups in total. The van der Waals surface area contributed by atoms with E-state index in [4.69, 9.17) is 9.47 Å². The number of rotatable bonds is 7. The molecule has 2 atom stereocenters. The summed E-state index contributed by atoms with van der Waals surface area (Å²) in [5, 5.41) is 2.33. The lowest BCUT2D eigenvalue weighted by molar-refractivity contribution is -0.134. The average molecular weight is 345 g/mol. The van der Waals surface area contributed by atoms with Gasteiger partial charge in [-0.3, -0.25) is 14.1 Å². The van der Waals surface area contributed by atoms with Crippen molar-refractivity contribution >= 4 is 27.5 Å². The van der Waals surface area contributed by atoms with Gasteiger partial charge in [0, 0.05) is 13.2 Å². The zero-order valence-electron chi connectivity index (χ0n) is 13.2. The van der Waals surface area contributed by atoms with Crippen LogP contribution in [0, 0.1) is 5.92 Å². The standard InChI is InChI=1S/C14H19NO7S/c1-8(16)13(9(2)21-3)14(17)15-11-6-5-10(22-4)7-12(11)23(18,19)20/h5-7,9,13H,1-4H3,(H,15,17)(H,18,19,20). The van der Waals surface area contributed by atoms with Crippen LogP contribution in [-0.4, -0.2) is 45.0 Å². The number of ketones is 1. The van der Waals surface area contributed by atoms with Gasteiger partial charge in [0.25, 0.3) is 10.1 Å². The van der Waals surface area contributed by atoms with E-state index >= 15 is 0 Å². The predicted octanol–water partition coefficient (Wildman–Crippen LogP) is 1.12. The minimum atomic E-state index is -4.59. The fraction of sp³-hybridized carbons (Fsp3) is 0.429. The van der Waals surface area contributed by atoms with Crippen molar-refractivity contribution in [3.05, 3.63) is 18.2 Å². The number of Topliss-reactive ketones (excluding diaryl/α,β-unsaturated/α-hetero) is 1. The third-order valence-electron chi connectivity index (χ3n) is 3.29. The van der Waals surface area contributed by atoms with Crippen LogP contribution >= 0.6 is 0 Å². The number of amides is 1. The molecule has 1 aromatic rings. The molecule has 1 amide bonds. The van der Waals surface area contributed by atoms with Gasteiger partial charge in [-0.2, -0.15) is 8.42 Å². The number of ether oxygens (including phenoxy) is 2. The molecule has 0 bridgehead atoms. The van der Waals surface area contributed by atoms with Gasteiger partial charge in [-0.1, -0.05) is 0 Å². The molecular weight excluding hydrogens is 326 g/mol. The molecule has 0 saturated heterocycles. The van der Waals surface area contributed by atoms with E-state index < -0.39 is 38.7 Å². The highest BCUT2D eigenvalue weighted by atomic mass is 32.2. The molecule has 9 heteroatoms. The van der Waals surface area contributed by atoms with Gasteiger partial charge >= 0.3 is 0 Å². The number of methoxy groups -OCH3 is 2. The maximum atomic E-state index is 12.3. The summed E-state index contributed by atoms with van der Waals surface area (Å²) in [6.45, 7) is 2.78. The lowest BCUT2D eigenvalue weighted by Crippen LogP contribution is -2.37. The quantitative estimate of drug-likeness (QED) is 0.561. The Labute approximate surface area is 134 Å². The number of anilines is 1. The van der Waals surface area contributed by atoms with Crippen molar-refractivity contribution in [1.82, 2.24) is 0 Å². The van der Waals surface area contributed by atoms with Crippen molar-refractivity contribution in [2.75, 3.05) is 19.5 Å². The van der Waals surface area contributed by atoms with Gasteiger partial charge in [-0.15, -0.1) is 0 Å². The largest absolute Gasteiger partial charge is 0.497 e. The van der Waals surface area contributed by atoms with Gasteiger partial charge < -0.3 is 14.8 Å². The Morgan fingerprint density at radius 2 is 1.87 bits per heavy atom. The van der Waals surface area contributed by atoms with Crippen molar-refractivity contribution in [1.29, 1.82) is 0 Å². The Morgan fingerprint density at radius 1 is 1.26 bits per heavy atom. The normalized spacial score (nSPS) is 14.0. The monoisotopic (exact) mass is 345 g/mol. The summed E-state index contributed by atoms with van der Waals surface area (Å²) >= 11 is 0. The van der Waals surface area contributed by atoms with E-state index in [2.05, 4.69) is 5.32 Å². The van der Waals surface area contributed by atoms with Crippen molar-refractivity contribution in [3.8, 4) is 5.75 Å². The van der Waals surface area contributed by atoms with E-state index in [-0.39, 0.29) is 11.4 Å². The zero-order chi connectivity index (χ0) is 17.8. The zero-order valence-corrected chi connectivity index (χ0v) is 14.0. The summed E-state index contributed by atoms with van der Waals surface area (Å²) < 4.78 is 42.1. The molecule has 8 nitrogen and oxygen atoms in total. The van der Waals surface area contributed by atoms with Crippen LogP contribution in [0.2, 0.25) is 0 Å². The van der Waals surface area contributed by atoms with E-state index in [1.54, 1.807) is 6.92 Å². The molecule has 0 heterocycles. The molecule has 0 spiro atoms. The predicted molar refractivity (Wildman–Crippen MR) is 82.1 cm³/mol. The minimum absolute atomic E-state index is 0.159. The SMILES string of the molecule is COc1ccc(NC(=O)C(C(C)=O)C(C)OC)c(S(=O)(=O)O)c1. The number of benzene rings is 1. The minimum Gasteiger partial charge on any atom is -0.497 e. The molecule has 1 rings (SSSR count). The van der Waals surface area contributed by atoms with Crippen molar-refractivity contribution in [2.24, 2.45) is 5.92 Å². The van der Waals surface area contributed by atoms with E-state index in [0.29, 0.717) is 0 Å². The fourth-order valence-corrected chi connectivity index (χ4v) is 2.68. The van der Waals surface area contributed by atoms with Gasteiger partial charge in [0.1, 0.15) is 22.3 Å². The second-order valence-corrected chi connectivity index (χ2v) is 6.25. The van der Waals surface area contributed by atoms with Gasteiger partial charge in [-0.25, -0.2) is 0 Å². The Balaban J connectivity index is 3.22. The highest BCUT2D eigenvalue weighted by Crippen LogP contribution is 2.27. The second kappa shape index (κ2) is 7.53. The first-order valence-electron chi connectivity index (χ1n) is 6.61. The van der Waals surface area contributed by atoms with Crippen LogP contribution in [0.25, 0.3) is 0 Å².